The van der Waals surface area contributed by atoms with Gasteiger partial charge in [0, 0.05) is 34.6 Å². The first kappa shape index (κ1) is 17.3. The predicted octanol–water partition coefficient (Wildman–Crippen LogP) is 4.75. The maximum absolute atomic E-state index is 12.8. The first-order valence-corrected chi connectivity index (χ1v) is 8.94. The second-order valence-corrected chi connectivity index (χ2v) is 6.89. The molecule has 0 fully saturated rings. The van der Waals surface area contributed by atoms with Gasteiger partial charge in [-0.3, -0.25) is 9.78 Å². The lowest BCUT2D eigenvalue weighted by Gasteiger charge is -2.21. The van der Waals surface area contributed by atoms with Crippen molar-refractivity contribution in [1.29, 1.82) is 0 Å². The average molecular weight is 370 g/mol. The normalized spacial score (nSPS) is 11.0. The molecule has 0 aliphatic heterocycles. The Morgan fingerprint density at radius 1 is 1.28 bits per heavy atom. The zero-order valence-corrected chi connectivity index (χ0v) is 15.2. The number of pyridine rings is 1. The number of hydrogen-bond donors (Lipinski definition) is 0. The Morgan fingerprint density at radius 3 is 2.72 bits per heavy atom. The third-order valence-electron chi connectivity index (χ3n) is 3.50. The fourth-order valence-corrected chi connectivity index (χ4v) is 3.00. The van der Waals surface area contributed by atoms with Gasteiger partial charge in [0.2, 0.25) is 0 Å². The fraction of sp³-hybridized carbons (Fsp3) is 0.105. The van der Waals surface area contributed by atoms with Gasteiger partial charge < -0.3 is 4.90 Å². The van der Waals surface area contributed by atoms with Crippen LogP contribution in [0.15, 0.2) is 60.2 Å². The summed E-state index contributed by atoms with van der Waals surface area (Å²) in [7, 11) is 0. The van der Waals surface area contributed by atoms with E-state index < -0.39 is 0 Å². The maximum atomic E-state index is 12.8. The van der Waals surface area contributed by atoms with Gasteiger partial charge in [0.1, 0.15) is 0 Å². The number of benzene rings is 1. The lowest BCUT2D eigenvalue weighted by molar-refractivity contribution is -0.114. The summed E-state index contributed by atoms with van der Waals surface area (Å²) in [6, 6.07) is 11.0. The van der Waals surface area contributed by atoms with Crippen LogP contribution in [0.3, 0.4) is 0 Å². The molecule has 3 aromatic rings. The summed E-state index contributed by atoms with van der Waals surface area (Å²) in [6.45, 7) is 2.36. The van der Waals surface area contributed by atoms with Crippen LogP contribution in [0.5, 0.6) is 0 Å². The number of aromatic nitrogens is 2. The van der Waals surface area contributed by atoms with Crippen molar-refractivity contribution in [2.75, 3.05) is 4.90 Å². The predicted molar refractivity (Wildman–Crippen MR) is 103 cm³/mol. The van der Waals surface area contributed by atoms with E-state index >= 15 is 0 Å². The molecule has 6 heteroatoms. The number of thiazole rings is 1. The molecule has 0 radical (unpaired) electrons. The van der Waals surface area contributed by atoms with Crippen molar-refractivity contribution >= 4 is 40.6 Å². The Kier molecular flexibility index (Phi) is 5.58. The lowest BCUT2D eigenvalue weighted by Crippen LogP contribution is -2.28. The Hall–Kier alpha value is -2.50. The van der Waals surface area contributed by atoms with Gasteiger partial charge in [0.25, 0.3) is 5.91 Å². The molecule has 25 heavy (non-hydrogen) atoms. The van der Waals surface area contributed by atoms with Gasteiger partial charge in [-0.25, -0.2) is 4.98 Å². The fourth-order valence-electron chi connectivity index (χ4n) is 2.30. The van der Waals surface area contributed by atoms with Gasteiger partial charge in [-0.1, -0.05) is 17.7 Å². The molecule has 0 saturated heterocycles. The zero-order valence-electron chi connectivity index (χ0n) is 13.6. The molecule has 1 amide bonds. The van der Waals surface area contributed by atoms with E-state index in [2.05, 4.69) is 9.97 Å². The number of carbonyl (C=O) groups excluding carboxylic acids is 1. The van der Waals surface area contributed by atoms with Crippen LogP contribution in [-0.2, 0) is 11.3 Å². The molecule has 0 spiro atoms. The zero-order chi connectivity index (χ0) is 17.6. The van der Waals surface area contributed by atoms with Gasteiger partial charge in [-0.2, -0.15) is 0 Å². The van der Waals surface area contributed by atoms with Crippen LogP contribution >= 0.6 is 22.9 Å². The van der Waals surface area contributed by atoms with E-state index in [1.54, 1.807) is 52.9 Å². The molecule has 0 atom stereocenters. The average Bonchev–Trinajstić information content (AvgIpc) is 3.05. The highest BCUT2D eigenvalue weighted by atomic mass is 35.5. The van der Waals surface area contributed by atoms with Crippen molar-refractivity contribution in [1.82, 2.24) is 9.97 Å². The van der Waals surface area contributed by atoms with E-state index in [4.69, 9.17) is 11.6 Å². The largest absolute Gasteiger partial charge is 0.304 e. The third-order valence-corrected chi connectivity index (χ3v) is 4.54. The Balaban J connectivity index is 1.85. The van der Waals surface area contributed by atoms with Gasteiger partial charge >= 0.3 is 0 Å². The molecule has 126 valence electrons. The topological polar surface area (TPSA) is 46.1 Å². The Morgan fingerprint density at radius 2 is 2.08 bits per heavy atom. The third kappa shape index (κ3) is 4.75. The highest BCUT2D eigenvalue weighted by molar-refractivity contribution is 7.09. The summed E-state index contributed by atoms with van der Waals surface area (Å²) < 4.78 is 0. The first-order valence-electron chi connectivity index (χ1n) is 7.68. The Labute approximate surface area is 155 Å². The van der Waals surface area contributed by atoms with Crippen molar-refractivity contribution in [2.45, 2.75) is 13.5 Å². The standard InChI is InChI=1S/C19H16ClN3OS/c1-14-22-17(13-25-14)6-9-19(24)23(12-15-3-2-10-21-11-15)18-7-4-16(20)5-8-18/h2-11,13H,12H2,1H3. The summed E-state index contributed by atoms with van der Waals surface area (Å²) in [5.74, 6) is -0.128. The van der Waals surface area contributed by atoms with Crippen LogP contribution < -0.4 is 4.90 Å². The molecule has 0 saturated carbocycles. The summed E-state index contributed by atoms with van der Waals surface area (Å²) in [4.78, 5) is 22.9. The van der Waals surface area contributed by atoms with Crippen molar-refractivity contribution in [3.05, 3.63) is 81.5 Å². The quantitative estimate of drug-likeness (QED) is 0.610. The van der Waals surface area contributed by atoms with Gasteiger partial charge in [-0.05, 0) is 48.9 Å². The van der Waals surface area contributed by atoms with Crippen molar-refractivity contribution in [3.63, 3.8) is 0 Å². The number of rotatable bonds is 5. The van der Waals surface area contributed by atoms with E-state index in [9.17, 15) is 4.79 Å². The van der Waals surface area contributed by atoms with Gasteiger partial charge in [0.15, 0.2) is 0 Å². The van der Waals surface area contributed by atoms with Gasteiger partial charge in [0.05, 0.1) is 17.2 Å². The van der Waals surface area contributed by atoms with Crippen molar-refractivity contribution < 1.29 is 4.79 Å². The molecular formula is C19H16ClN3OS. The monoisotopic (exact) mass is 369 g/mol. The molecule has 4 nitrogen and oxygen atoms in total. The molecule has 2 aromatic heterocycles. The Bertz CT molecular complexity index is 875. The number of hydrogen-bond acceptors (Lipinski definition) is 4. The SMILES string of the molecule is Cc1nc(C=CC(=O)N(Cc2cccnc2)c2ccc(Cl)cc2)cs1. The highest BCUT2D eigenvalue weighted by Crippen LogP contribution is 2.21. The van der Waals surface area contributed by atoms with E-state index in [1.807, 2.05) is 36.6 Å². The number of anilines is 1. The summed E-state index contributed by atoms with van der Waals surface area (Å²) in [6.07, 6.45) is 6.74. The van der Waals surface area contributed by atoms with Crippen LogP contribution in [0.4, 0.5) is 5.69 Å². The number of carbonyl (C=O) groups is 1. The second kappa shape index (κ2) is 8.05. The number of aryl methyl sites for hydroxylation is 1. The smallest absolute Gasteiger partial charge is 0.251 e. The van der Waals surface area contributed by atoms with Gasteiger partial charge in [-0.15, -0.1) is 11.3 Å². The minimum atomic E-state index is -0.128. The highest BCUT2D eigenvalue weighted by Gasteiger charge is 2.14. The first-order chi connectivity index (χ1) is 12.1. The summed E-state index contributed by atoms with van der Waals surface area (Å²) in [5.41, 5.74) is 2.51. The molecule has 3 rings (SSSR count). The molecule has 0 unspecified atom stereocenters. The molecule has 0 bridgehead atoms. The van der Waals surface area contributed by atoms with E-state index in [0.29, 0.717) is 11.6 Å². The van der Waals surface area contributed by atoms with Crippen molar-refractivity contribution in [3.8, 4) is 0 Å². The minimum Gasteiger partial charge on any atom is -0.304 e. The van der Waals surface area contributed by atoms with Crippen LogP contribution in [0, 0.1) is 6.92 Å². The van der Waals surface area contributed by atoms with E-state index in [-0.39, 0.29) is 5.91 Å². The molecule has 2 heterocycles. The lowest BCUT2D eigenvalue weighted by atomic mass is 10.2. The number of nitrogens with zero attached hydrogens (tertiary/aromatic N) is 3. The second-order valence-electron chi connectivity index (χ2n) is 5.39. The molecule has 0 aliphatic carbocycles. The number of halogens is 1. The molecular weight excluding hydrogens is 354 g/mol. The van der Waals surface area contributed by atoms with Crippen LogP contribution in [0.25, 0.3) is 6.08 Å². The maximum Gasteiger partial charge on any atom is 0.251 e. The number of amides is 1. The van der Waals surface area contributed by atoms with Crippen LogP contribution in [0.1, 0.15) is 16.3 Å². The minimum absolute atomic E-state index is 0.128. The van der Waals surface area contributed by atoms with E-state index in [1.165, 1.54) is 0 Å². The molecule has 1 aromatic carbocycles. The van der Waals surface area contributed by atoms with Crippen LogP contribution in [0.2, 0.25) is 5.02 Å². The summed E-state index contributed by atoms with van der Waals surface area (Å²) >= 11 is 7.52. The molecule has 0 aliphatic rings. The van der Waals surface area contributed by atoms with Crippen LogP contribution in [-0.4, -0.2) is 15.9 Å². The van der Waals surface area contributed by atoms with Crippen molar-refractivity contribution in [2.24, 2.45) is 0 Å². The summed E-state index contributed by atoms with van der Waals surface area (Å²) in [5, 5.41) is 3.52. The molecule has 0 N–H and O–H groups in total. The van der Waals surface area contributed by atoms with E-state index in [0.717, 1.165) is 22.0 Å².